The summed E-state index contributed by atoms with van der Waals surface area (Å²) in [6, 6.07) is 4.76. The molecule has 9 heteroatoms. The van der Waals surface area contributed by atoms with Crippen LogP contribution in [-0.4, -0.2) is 34.6 Å². The van der Waals surface area contributed by atoms with Crippen molar-refractivity contribution in [3.63, 3.8) is 0 Å². The molecule has 25 heavy (non-hydrogen) atoms. The highest BCUT2D eigenvalue weighted by molar-refractivity contribution is 7.80. The van der Waals surface area contributed by atoms with Crippen LogP contribution in [0.1, 0.15) is 25.7 Å². The lowest BCUT2D eigenvalue weighted by atomic mass is 9.83. The molecule has 2 unspecified atom stereocenters. The maximum absolute atomic E-state index is 12.6. The van der Waals surface area contributed by atoms with Crippen molar-refractivity contribution < 1.29 is 14.3 Å². The number of ether oxygens (including phenoxy) is 1. The van der Waals surface area contributed by atoms with Crippen molar-refractivity contribution in [1.82, 2.24) is 15.8 Å². The molecule has 2 fully saturated rings. The summed E-state index contributed by atoms with van der Waals surface area (Å²) in [4.78, 5) is 24.7. The Morgan fingerprint density at radius 2 is 2.12 bits per heavy atom. The Hall–Kier alpha value is -1.57. The Kier molecular flexibility index (Phi) is 5.66. The SMILES string of the molecule is O=C(COc1ccc(Cl)cc1Cl)NN1C(=O)C2CCCCC2NC1=S. The first-order chi connectivity index (χ1) is 12.0. The summed E-state index contributed by atoms with van der Waals surface area (Å²) in [5.41, 5.74) is 2.50. The highest BCUT2D eigenvalue weighted by atomic mass is 35.5. The van der Waals surface area contributed by atoms with E-state index in [0.717, 1.165) is 30.7 Å². The summed E-state index contributed by atoms with van der Waals surface area (Å²) >= 11 is 17.0. The molecule has 0 bridgehead atoms. The molecule has 1 saturated heterocycles. The first-order valence-electron chi connectivity index (χ1n) is 7.97. The van der Waals surface area contributed by atoms with Gasteiger partial charge < -0.3 is 10.1 Å². The van der Waals surface area contributed by atoms with Gasteiger partial charge in [-0.25, -0.2) is 0 Å². The lowest BCUT2D eigenvalue weighted by Crippen LogP contribution is -2.65. The van der Waals surface area contributed by atoms with Gasteiger partial charge in [0, 0.05) is 11.1 Å². The van der Waals surface area contributed by atoms with E-state index in [4.69, 9.17) is 40.2 Å². The van der Waals surface area contributed by atoms with E-state index in [1.165, 1.54) is 6.07 Å². The maximum Gasteiger partial charge on any atom is 0.276 e. The minimum absolute atomic E-state index is 0.0611. The third-order valence-corrected chi connectivity index (χ3v) is 5.14. The molecule has 1 aliphatic carbocycles. The standard InChI is InChI=1S/C16H17Cl2N3O3S/c17-9-5-6-13(11(18)7-9)24-8-14(22)20-21-15(23)10-3-1-2-4-12(10)19-16(21)25/h5-7,10,12H,1-4,8H2,(H,19,25)(H,20,22). The number of fused-ring (bicyclic) bond motifs is 1. The number of benzene rings is 1. The number of carbonyl (C=O) groups excluding carboxylic acids is 2. The molecule has 6 nitrogen and oxygen atoms in total. The van der Waals surface area contributed by atoms with Crippen molar-refractivity contribution in [1.29, 1.82) is 0 Å². The van der Waals surface area contributed by atoms with Crippen LogP contribution >= 0.6 is 35.4 Å². The number of hydrazine groups is 1. The molecule has 0 aromatic heterocycles. The second kappa shape index (κ2) is 7.76. The Balaban J connectivity index is 1.58. The summed E-state index contributed by atoms with van der Waals surface area (Å²) in [6.07, 6.45) is 3.78. The average molecular weight is 402 g/mol. The molecule has 1 aromatic carbocycles. The highest BCUT2D eigenvalue weighted by Crippen LogP contribution is 2.29. The topological polar surface area (TPSA) is 70.7 Å². The fourth-order valence-electron chi connectivity index (χ4n) is 3.09. The van der Waals surface area contributed by atoms with Crippen molar-refractivity contribution in [3.8, 4) is 5.75 Å². The van der Waals surface area contributed by atoms with Crippen molar-refractivity contribution in [3.05, 3.63) is 28.2 Å². The largest absolute Gasteiger partial charge is 0.482 e. The smallest absolute Gasteiger partial charge is 0.276 e. The summed E-state index contributed by atoms with van der Waals surface area (Å²) in [5.74, 6) is -0.504. The van der Waals surface area contributed by atoms with Gasteiger partial charge in [0.15, 0.2) is 11.7 Å². The van der Waals surface area contributed by atoms with Crippen molar-refractivity contribution in [2.24, 2.45) is 5.92 Å². The third kappa shape index (κ3) is 4.16. The number of thiocarbonyl (C=S) groups is 1. The Labute approximate surface area is 160 Å². The first kappa shape index (κ1) is 18.2. The van der Waals surface area contributed by atoms with Crippen molar-refractivity contribution in [2.45, 2.75) is 31.7 Å². The normalized spacial score (nSPS) is 22.9. The third-order valence-electron chi connectivity index (χ3n) is 4.30. The van der Waals surface area contributed by atoms with Crippen LogP contribution in [0.3, 0.4) is 0 Å². The van der Waals surface area contributed by atoms with Crippen LogP contribution in [0.5, 0.6) is 5.75 Å². The molecule has 2 N–H and O–H groups in total. The molecular weight excluding hydrogens is 385 g/mol. The lowest BCUT2D eigenvalue weighted by Gasteiger charge is -2.41. The van der Waals surface area contributed by atoms with Crippen molar-refractivity contribution >= 4 is 52.3 Å². The van der Waals surface area contributed by atoms with Gasteiger partial charge in [-0.3, -0.25) is 15.0 Å². The lowest BCUT2D eigenvalue weighted by molar-refractivity contribution is -0.143. The molecule has 1 heterocycles. The first-order valence-corrected chi connectivity index (χ1v) is 9.14. The predicted molar refractivity (Wildman–Crippen MR) is 98.4 cm³/mol. The summed E-state index contributed by atoms with van der Waals surface area (Å²) in [6.45, 7) is -0.304. The molecule has 2 amide bonds. The zero-order valence-electron chi connectivity index (χ0n) is 13.3. The number of rotatable bonds is 4. The van der Waals surface area contributed by atoms with Gasteiger partial charge in [-0.1, -0.05) is 36.0 Å². The van der Waals surface area contributed by atoms with Gasteiger partial charge in [0.1, 0.15) is 5.75 Å². The minimum atomic E-state index is -0.502. The van der Waals surface area contributed by atoms with E-state index in [1.54, 1.807) is 12.1 Å². The van der Waals surface area contributed by atoms with E-state index in [2.05, 4.69) is 10.7 Å². The average Bonchev–Trinajstić information content (AvgIpc) is 2.58. The summed E-state index contributed by atoms with van der Waals surface area (Å²) in [5, 5.41) is 5.23. The van der Waals surface area contributed by atoms with E-state index in [-0.39, 0.29) is 29.6 Å². The van der Waals surface area contributed by atoms with Crippen LogP contribution in [0.15, 0.2) is 18.2 Å². The van der Waals surface area contributed by atoms with E-state index < -0.39 is 5.91 Å². The van der Waals surface area contributed by atoms with Gasteiger partial charge in [-0.2, -0.15) is 5.01 Å². The van der Waals surface area contributed by atoms with Crippen LogP contribution in [0.25, 0.3) is 0 Å². The van der Waals surface area contributed by atoms with Gasteiger partial charge in [0.25, 0.3) is 11.8 Å². The van der Waals surface area contributed by atoms with Crippen LogP contribution in [0.4, 0.5) is 0 Å². The molecule has 2 atom stereocenters. The monoisotopic (exact) mass is 401 g/mol. The fourth-order valence-corrected chi connectivity index (χ4v) is 3.84. The second-order valence-electron chi connectivity index (χ2n) is 6.02. The van der Waals surface area contributed by atoms with Crippen LogP contribution in [0, 0.1) is 5.92 Å². The summed E-state index contributed by atoms with van der Waals surface area (Å²) < 4.78 is 5.37. The molecular formula is C16H17Cl2N3O3S. The molecule has 3 rings (SSSR count). The molecule has 2 aliphatic rings. The van der Waals surface area contributed by atoms with Crippen LogP contribution < -0.4 is 15.5 Å². The molecule has 134 valence electrons. The number of hydrogen-bond donors (Lipinski definition) is 2. The molecule has 0 radical (unpaired) electrons. The number of nitrogens with zero attached hydrogens (tertiary/aromatic N) is 1. The van der Waals surface area contributed by atoms with E-state index in [0.29, 0.717) is 15.8 Å². The van der Waals surface area contributed by atoms with Crippen molar-refractivity contribution in [2.75, 3.05) is 6.61 Å². The second-order valence-corrected chi connectivity index (χ2v) is 7.25. The zero-order valence-corrected chi connectivity index (χ0v) is 15.6. The van der Waals surface area contributed by atoms with Gasteiger partial charge in [0.05, 0.1) is 10.9 Å². The Morgan fingerprint density at radius 1 is 1.36 bits per heavy atom. The molecule has 0 spiro atoms. The quantitative estimate of drug-likeness (QED) is 0.758. The highest BCUT2D eigenvalue weighted by Gasteiger charge is 2.41. The summed E-state index contributed by atoms with van der Waals surface area (Å²) in [7, 11) is 0. The van der Waals surface area contributed by atoms with Crippen LogP contribution in [-0.2, 0) is 9.59 Å². The van der Waals surface area contributed by atoms with Gasteiger partial charge in [-0.15, -0.1) is 0 Å². The Bertz CT molecular complexity index is 716. The minimum Gasteiger partial charge on any atom is -0.482 e. The Morgan fingerprint density at radius 3 is 2.88 bits per heavy atom. The van der Waals surface area contributed by atoms with Gasteiger partial charge in [-0.05, 0) is 43.3 Å². The zero-order chi connectivity index (χ0) is 18.0. The number of carbonyl (C=O) groups is 2. The van der Waals surface area contributed by atoms with E-state index in [1.807, 2.05) is 0 Å². The van der Waals surface area contributed by atoms with Gasteiger partial charge in [0.2, 0.25) is 0 Å². The number of amides is 2. The fraction of sp³-hybridized carbons (Fsp3) is 0.438. The molecule has 1 aromatic rings. The maximum atomic E-state index is 12.6. The van der Waals surface area contributed by atoms with Crippen LogP contribution in [0.2, 0.25) is 10.0 Å². The number of nitrogens with one attached hydrogen (secondary N) is 2. The molecule has 1 saturated carbocycles. The number of hydrogen-bond acceptors (Lipinski definition) is 4. The number of halogens is 2. The van der Waals surface area contributed by atoms with E-state index >= 15 is 0 Å². The van der Waals surface area contributed by atoms with Gasteiger partial charge >= 0.3 is 0 Å². The predicted octanol–water partition coefficient (Wildman–Crippen LogP) is 2.68. The van der Waals surface area contributed by atoms with E-state index in [9.17, 15) is 9.59 Å². The molecule has 1 aliphatic heterocycles.